The minimum atomic E-state index is -2.65. The molecule has 1 fully saturated rings. The summed E-state index contributed by atoms with van der Waals surface area (Å²) in [6, 6.07) is 3.64. The normalized spacial score (nSPS) is 16.2. The lowest BCUT2D eigenvalue weighted by Crippen LogP contribution is -2.56. The van der Waals surface area contributed by atoms with Crippen LogP contribution in [-0.4, -0.2) is 43.6 Å². The van der Waals surface area contributed by atoms with Crippen LogP contribution in [0.5, 0.6) is 0 Å². The standard InChI is InChI=1S/C15H14BrF2N7/c1-8-10(12(19)25-14(22-8)20-7-21-25)4-9-2-3-11(16)13(23-9)24-5-15(17,18)6-24/h2-3,7H,4-6,19H2,1H3. The Balaban J connectivity index is 1.68. The lowest BCUT2D eigenvalue weighted by molar-refractivity contribution is -0.0267. The summed E-state index contributed by atoms with van der Waals surface area (Å²) in [7, 11) is 0. The number of pyridine rings is 1. The summed E-state index contributed by atoms with van der Waals surface area (Å²) in [4.78, 5) is 14.5. The van der Waals surface area contributed by atoms with Crippen molar-refractivity contribution >= 4 is 33.3 Å². The Hall–Kier alpha value is -2.36. The summed E-state index contributed by atoms with van der Waals surface area (Å²) in [6.45, 7) is 1.20. The molecule has 1 aliphatic rings. The highest BCUT2D eigenvalue weighted by molar-refractivity contribution is 9.10. The zero-order chi connectivity index (χ0) is 17.8. The highest BCUT2D eigenvalue weighted by Gasteiger charge is 2.45. The zero-order valence-corrected chi connectivity index (χ0v) is 14.8. The summed E-state index contributed by atoms with van der Waals surface area (Å²) in [5, 5.41) is 4.06. The molecule has 0 unspecified atom stereocenters. The van der Waals surface area contributed by atoms with Crippen molar-refractivity contribution in [1.29, 1.82) is 0 Å². The molecule has 3 aromatic heterocycles. The molecule has 0 atom stereocenters. The molecule has 0 aliphatic carbocycles. The maximum absolute atomic E-state index is 13.2. The number of aryl methyl sites for hydroxylation is 1. The van der Waals surface area contributed by atoms with Gasteiger partial charge in [-0.1, -0.05) is 0 Å². The number of alkyl halides is 2. The van der Waals surface area contributed by atoms with Gasteiger partial charge in [0.15, 0.2) is 0 Å². The van der Waals surface area contributed by atoms with Crippen LogP contribution in [0.3, 0.4) is 0 Å². The van der Waals surface area contributed by atoms with Crippen LogP contribution in [0.2, 0.25) is 0 Å². The largest absolute Gasteiger partial charge is 0.383 e. The van der Waals surface area contributed by atoms with E-state index in [4.69, 9.17) is 5.73 Å². The van der Waals surface area contributed by atoms with Crippen LogP contribution in [0, 0.1) is 6.92 Å². The van der Waals surface area contributed by atoms with Gasteiger partial charge < -0.3 is 10.6 Å². The van der Waals surface area contributed by atoms with E-state index in [1.54, 1.807) is 11.0 Å². The number of rotatable bonds is 3. The van der Waals surface area contributed by atoms with Crippen LogP contribution in [-0.2, 0) is 6.42 Å². The van der Waals surface area contributed by atoms with Crippen molar-refractivity contribution in [2.75, 3.05) is 23.7 Å². The van der Waals surface area contributed by atoms with E-state index in [9.17, 15) is 8.78 Å². The number of hydrogen-bond acceptors (Lipinski definition) is 6. The van der Waals surface area contributed by atoms with Gasteiger partial charge >= 0.3 is 0 Å². The van der Waals surface area contributed by atoms with E-state index in [1.165, 1.54) is 10.8 Å². The maximum atomic E-state index is 13.2. The van der Waals surface area contributed by atoms with Gasteiger partial charge in [-0.15, -0.1) is 0 Å². The van der Waals surface area contributed by atoms with Crippen molar-refractivity contribution in [3.8, 4) is 0 Å². The van der Waals surface area contributed by atoms with Crippen molar-refractivity contribution < 1.29 is 8.78 Å². The molecule has 10 heteroatoms. The number of anilines is 2. The number of fused-ring (bicyclic) bond motifs is 1. The van der Waals surface area contributed by atoms with Gasteiger partial charge in [-0.3, -0.25) is 0 Å². The van der Waals surface area contributed by atoms with Crippen molar-refractivity contribution in [1.82, 2.24) is 24.6 Å². The van der Waals surface area contributed by atoms with E-state index >= 15 is 0 Å². The highest BCUT2D eigenvalue weighted by Crippen LogP contribution is 2.35. The molecule has 0 radical (unpaired) electrons. The second kappa shape index (κ2) is 5.58. The third kappa shape index (κ3) is 2.80. The van der Waals surface area contributed by atoms with Gasteiger partial charge in [-0.05, 0) is 35.0 Å². The molecule has 1 aliphatic heterocycles. The fourth-order valence-electron chi connectivity index (χ4n) is 2.86. The van der Waals surface area contributed by atoms with Gasteiger partial charge in [-0.2, -0.15) is 14.6 Å². The molecular weight excluding hydrogens is 396 g/mol. The predicted octanol–water partition coefficient (Wildman–Crippen LogP) is 2.22. The second-order valence-electron chi connectivity index (χ2n) is 6.03. The van der Waals surface area contributed by atoms with Crippen LogP contribution < -0.4 is 10.6 Å². The molecule has 0 spiro atoms. The van der Waals surface area contributed by atoms with Gasteiger partial charge in [-0.25, -0.2) is 18.7 Å². The van der Waals surface area contributed by atoms with Crippen molar-refractivity contribution in [3.63, 3.8) is 0 Å². The molecule has 0 bridgehead atoms. The number of nitrogen functional groups attached to an aromatic ring is 1. The quantitative estimate of drug-likeness (QED) is 0.713. The summed E-state index contributed by atoms with van der Waals surface area (Å²) in [5.74, 6) is -1.26. The molecule has 0 aromatic carbocycles. The Morgan fingerprint density at radius 3 is 2.76 bits per heavy atom. The van der Waals surface area contributed by atoms with E-state index in [1.807, 2.05) is 13.0 Å². The fraction of sp³-hybridized carbons (Fsp3) is 0.333. The summed E-state index contributed by atoms with van der Waals surface area (Å²) in [6.07, 6.45) is 1.81. The Kier molecular flexibility index (Phi) is 3.60. The molecule has 130 valence electrons. The van der Waals surface area contributed by atoms with Crippen molar-refractivity contribution in [3.05, 3.63) is 39.9 Å². The third-order valence-corrected chi connectivity index (χ3v) is 4.78. The molecule has 4 heterocycles. The Morgan fingerprint density at radius 2 is 2.04 bits per heavy atom. The maximum Gasteiger partial charge on any atom is 0.282 e. The zero-order valence-electron chi connectivity index (χ0n) is 13.2. The molecule has 1 saturated heterocycles. The number of nitrogens with zero attached hydrogens (tertiary/aromatic N) is 6. The number of nitrogens with two attached hydrogens (primary N) is 1. The van der Waals surface area contributed by atoms with Crippen LogP contribution in [0.4, 0.5) is 20.4 Å². The topological polar surface area (TPSA) is 85.2 Å². The summed E-state index contributed by atoms with van der Waals surface area (Å²) in [5.41, 5.74) is 8.42. The van der Waals surface area contributed by atoms with E-state index in [0.29, 0.717) is 34.0 Å². The van der Waals surface area contributed by atoms with E-state index in [0.717, 1.165) is 11.3 Å². The molecule has 7 nitrogen and oxygen atoms in total. The SMILES string of the molecule is Cc1nc2ncnn2c(N)c1Cc1ccc(Br)c(N2CC(F)(F)C2)n1. The Labute approximate surface area is 150 Å². The van der Waals surface area contributed by atoms with Crippen molar-refractivity contribution in [2.45, 2.75) is 19.3 Å². The van der Waals surface area contributed by atoms with Crippen molar-refractivity contribution in [2.24, 2.45) is 0 Å². The van der Waals surface area contributed by atoms with Gasteiger partial charge in [0.05, 0.1) is 17.6 Å². The molecular formula is C15H14BrF2N7. The van der Waals surface area contributed by atoms with Crippen LogP contribution in [0.15, 0.2) is 22.9 Å². The van der Waals surface area contributed by atoms with Gasteiger partial charge in [0.1, 0.15) is 18.0 Å². The first kappa shape index (κ1) is 16.1. The molecule has 0 saturated carbocycles. The smallest absolute Gasteiger partial charge is 0.282 e. The Morgan fingerprint density at radius 1 is 1.28 bits per heavy atom. The number of aromatic nitrogens is 5. The second-order valence-corrected chi connectivity index (χ2v) is 6.88. The monoisotopic (exact) mass is 409 g/mol. The molecule has 0 amide bonds. The van der Waals surface area contributed by atoms with Crippen LogP contribution in [0.25, 0.3) is 5.78 Å². The van der Waals surface area contributed by atoms with E-state index in [2.05, 4.69) is 36.0 Å². The van der Waals surface area contributed by atoms with E-state index < -0.39 is 5.92 Å². The van der Waals surface area contributed by atoms with Crippen LogP contribution >= 0.6 is 15.9 Å². The summed E-state index contributed by atoms with van der Waals surface area (Å²) >= 11 is 3.38. The van der Waals surface area contributed by atoms with Gasteiger partial charge in [0, 0.05) is 23.4 Å². The molecule has 25 heavy (non-hydrogen) atoms. The first-order valence-corrected chi connectivity index (χ1v) is 8.36. The predicted molar refractivity (Wildman–Crippen MR) is 91.8 cm³/mol. The third-order valence-electron chi connectivity index (χ3n) is 4.16. The van der Waals surface area contributed by atoms with Gasteiger partial charge in [0.25, 0.3) is 11.7 Å². The number of hydrogen-bond donors (Lipinski definition) is 1. The lowest BCUT2D eigenvalue weighted by atomic mass is 10.1. The Bertz CT molecular complexity index is 964. The van der Waals surface area contributed by atoms with Gasteiger partial charge in [0.2, 0.25) is 0 Å². The average Bonchev–Trinajstić information content (AvgIpc) is 2.99. The average molecular weight is 410 g/mol. The first-order chi connectivity index (χ1) is 11.8. The van der Waals surface area contributed by atoms with Crippen LogP contribution in [0.1, 0.15) is 17.0 Å². The highest BCUT2D eigenvalue weighted by atomic mass is 79.9. The van der Waals surface area contributed by atoms with E-state index in [-0.39, 0.29) is 13.1 Å². The molecule has 2 N–H and O–H groups in total. The lowest BCUT2D eigenvalue weighted by Gasteiger charge is -2.40. The fourth-order valence-corrected chi connectivity index (χ4v) is 3.34. The summed E-state index contributed by atoms with van der Waals surface area (Å²) < 4.78 is 28.5. The minimum absolute atomic E-state index is 0.324. The molecule has 3 aromatic rings. The molecule has 4 rings (SSSR count). The first-order valence-electron chi connectivity index (χ1n) is 7.57. The minimum Gasteiger partial charge on any atom is -0.383 e. The number of halogens is 3.